The Morgan fingerprint density at radius 2 is 2.05 bits per heavy atom. The third-order valence-corrected chi connectivity index (χ3v) is 4.26. The highest BCUT2D eigenvalue weighted by Gasteiger charge is 2.33. The number of aryl methyl sites for hydroxylation is 1. The lowest BCUT2D eigenvalue weighted by Crippen LogP contribution is -2.38. The first-order valence-electron chi connectivity index (χ1n) is 7.56. The Morgan fingerprint density at radius 3 is 2.77 bits per heavy atom. The molecule has 1 saturated heterocycles. The number of benzene rings is 1. The molecule has 4 nitrogen and oxygen atoms in total. The topological polar surface area (TPSA) is 45.5 Å². The van der Waals surface area contributed by atoms with Gasteiger partial charge in [-0.15, -0.1) is 0 Å². The third kappa shape index (κ3) is 3.03. The Hall–Kier alpha value is -1.78. The second-order valence-corrected chi connectivity index (χ2v) is 5.79. The van der Waals surface area contributed by atoms with Gasteiger partial charge >= 0.3 is 0 Å². The molecule has 1 aliphatic rings. The van der Waals surface area contributed by atoms with Gasteiger partial charge in [0.2, 0.25) is 5.91 Å². The van der Waals surface area contributed by atoms with Crippen molar-refractivity contribution in [2.75, 3.05) is 11.4 Å². The molecule has 22 heavy (non-hydrogen) atoms. The van der Waals surface area contributed by atoms with Crippen molar-refractivity contribution >= 4 is 23.2 Å². The lowest BCUT2D eigenvalue weighted by molar-refractivity contribution is -0.118. The SMILES string of the molecule is CCc1ccc(CNC2CCN(c3ccccc3Cl)C2=O)o1. The number of halogens is 1. The van der Waals surface area contributed by atoms with E-state index in [4.69, 9.17) is 16.0 Å². The minimum absolute atomic E-state index is 0.0652. The summed E-state index contributed by atoms with van der Waals surface area (Å²) in [6.07, 6.45) is 1.65. The molecule has 5 heteroatoms. The van der Waals surface area contributed by atoms with Crippen LogP contribution in [0.2, 0.25) is 5.02 Å². The van der Waals surface area contributed by atoms with Crippen molar-refractivity contribution in [1.29, 1.82) is 0 Å². The first-order chi connectivity index (χ1) is 10.7. The van der Waals surface area contributed by atoms with Gasteiger partial charge in [-0.25, -0.2) is 0 Å². The first kappa shape index (κ1) is 15.1. The summed E-state index contributed by atoms with van der Waals surface area (Å²) in [7, 11) is 0. The number of nitrogens with one attached hydrogen (secondary N) is 1. The molecule has 1 unspecified atom stereocenters. The second-order valence-electron chi connectivity index (χ2n) is 5.39. The molecule has 1 fully saturated rings. The van der Waals surface area contributed by atoms with Crippen LogP contribution in [0.15, 0.2) is 40.8 Å². The predicted octanol–water partition coefficient (Wildman–Crippen LogP) is 3.39. The van der Waals surface area contributed by atoms with Crippen LogP contribution < -0.4 is 10.2 Å². The van der Waals surface area contributed by atoms with Crippen LogP contribution in [-0.2, 0) is 17.8 Å². The van der Waals surface area contributed by atoms with Crippen molar-refractivity contribution in [3.05, 3.63) is 52.9 Å². The molecule has 1 N–H and O–H groups in total. The highest BCUT2D eigenvalue weighted by Crippen LogP contribution is 2.29. The van der Waals surface area contributed by atoms with Gasteiger partial charge in [-0.3, -0.25) is 10.1 Å². The molecule has 116 valence electrons. The van der Waals surface area contributed by atoms with Gasteiger partial charge in [0.05, 0.1) is 23.3 Å². The second kappa shape index (κ2) is 6.55. The predicted molar refractivity (Wildman–Crippen MR) is 87.1 cm³/mol. The minimum atomic E-state index is -0.188. The van der Waals surface area contributed by atoms with E-state index in [1.165, 1.54) is 0 Å². The highest BCUT2D eigenvalue weighted by molar-refractivity contribution is 6.33. The Balaban J connectivity index is 1.63. The van der Waals surface area contributed by atoms with Crippen molar-refractivity contribution in [3.63, 3.8) is 0 Å². The molecule has 1 amide bonds. The van der Waals surface area contributed by atoms with Gasteiger partial charge in [0, 0.05) is 13.0 Å². The van der Waals surface area contributed by atoms with Gasteiger partial charge in [-0.2, -0.15) is 0 Å². The van der Waals surface area contributed by atoms with Crippen molar-refractivity contribution < 1.29 is 9.21 Å². The zero-order chi connectivity index (χ0) is 15.5. The number of carbonyl (C=O) groups is 1. The van der Waals surface area contributed by atoms with Crippen LogP contribution >= 0.6 is 11.6 Å². The van der Waals surface area contributed by atoms with Gasteiger partial charge in [0.25, 0.3) is 0 Å². The van der Waals surface area contributed by atoms with Gasteiger partial charge in [0.1, 0.15) is 11.5 Å². The summed E-state index contributed by atoms with van der Waals surface area (Å²) < 4.78 is 5.65. The van der Waals surface area contributed by atoms with E-state index >= 15 is 0 Å². The van der Waals surface area contributed by atoms with Crippen molar-refractivity contribution in [2.24, 2.45) is 0 Å². The van der Waals surface area contributed by atoms with E-state index < -0.39 is 0 Å². The maximum absolute atomic E-state index is 12.5. The zero-order valence-corrected chi connectivity index (χ0v) is 13.3. The van der Waals surface area contributed by atoms with E-state index in [-0.39, 0.29) is 11.9 Å². The monoisotopic (exact) mass is 318 g/mol. The molecule has 1 aromatic carbocycles. The van der Waals surface area contributed by atoms with Crippen molar-refractivity contribution in [2.45, 2.75) is 32.4 Å². The number of nitrogens with zero attached hydrogens (tertiary/aromatic N) is 1. The van der Waals surface area contributed by atoms with Gasteiger partial charge in [-0.1, -0.05) is 30.7 Å². The molecule has 1 aliphatic heterocycles. The number of para-hydroxylation sites is 1. The summed E-state index contributed by atoms with van der Waals surface area (Å²) >= 11 is 6.18. The Labute approximate surface area is 135 Å². The van der Waals surface area contributed by atoms with E-state index in [1.807, 2.05) is 30.3 Å². The minimum Gasteiger partial charge on any atom is -0.465 e. The smallest absolute Gasteiger partial charge is 0.244 e. The number of hydrogen-bond acceptors (Lipinski definition) is 3. The summed E-state index contributed by atoms with van der Waals surface area (Å²) in [5, 5.41) is 3.88. The average molecular weight is 319 g/mol. The summed E-state index contributed by atoms with van der Waals surface area (Å²) in [5.74, 6) is 1.89. The maximum Gasteiger partial charge on any atom is 0.244 e. The van der Waals surface area contributed by atoms with Crippen LogP contribution in [0.4, 0.5) is 5.69 Å². The largest absolute Gasteiger partial charge is 0.465 e. The molecule has 0 radical (unpaired) electrons. The van der Waals surface area contributed by atoms with Crippen LogP contribution in [0.5, 0.6) is 0 Å². The molecule has 1 atom stereocenters. The molecule has 2 aromatic rings. The van der Waals surface area contributed by atoms with E-state index in [9.17, 15) is 4.79 Å². The molecular weight excluding hydrogens is 300 g/mol. The normalized spacial score (nSPS) is 18.2. The number of hydrogen-bond donors (Lipinski definition) is 1. The zero-order valence-electron chi connectivity index (χ0n) is 12.5. The lowest BCUT2D eigenvalue weighted by Gasteiger charge is -2.18. The average Bonchev–Trinajstić information content (AvgIpc) is 3.13. The fourth-order valence-electron chi connectivity index (χ4n) is 2.71. The van der Waals surface area contributed by atoms with Crippen LogP contribution in [0.1, 0.15) is 24.9 Å². The summed E-state index contributed by atoms with van der Waals surface area (Å²) in [6.45, 7) is 3.30. The summed E-state index contributed by atoms with van der Waals surface area (Å²) in [5.41, 5.74) is 0.782. The van der Waals surface area contributed by atoms with Crippen molar-refractivity contribution in [3.8, 4) is 0 Å². The Bertz CT molecular complexity index is 668. The molecule has 0 bridgehead atoms. The number of carbonyl (C=O) groups excluding carboxylic acids is 1. The van der Waals surface area contributed by atoms with E-state index in [0.717, 1.165) is 30.0 Å². The van der Waals surface area contributed by atoms with Crippen LogP contribution in [0.3, 0.4) is 0 Å². The van der Waals surface area contributed by atoms with E-state index in [1.54, 1.807) is 11.0 Å². The lowest BCUT2D eigenvalue weighted by atomic mass is 10.2. The summed E-state index contributed by atoms with van der Waals surface area (Å²) in [4.78, 5) is 14.3. The van der Waals surface area contributed by atoms with Gasteiger partial charge < -0.3 is 9.32 Å². The molecular formula is C17H19ClN2O2. The molecule has 1 aromatic heterocycles. The maximum atomic E-state index is 12.5. The molecule has 3 rings (SSSR count). The Kier molecular flexibility index (Phi) is 4.50. The Morgan fingerprint density at radius 1 is 1.27 bits per heavy atom. The standard InChI is InChI=1S/C17H19ClN2O2/c1-2-12-7-8-13(22-12)11-19-15-9-10-20(17(15)21)16-6-4-3-5-14(16)18/h3-8,15,19H,2,9-11H2,1H3. The summed E-state index contributed by atoms with van der Waals surface area (Å²) in [6, 6.07) is 11.2. The fraction of sp³-hybridized carbons (Fsp3) is 0.353. The van der Waals surface area contributed by atoms with E-state index in [2.05, 4.69) is 12.2 Å². The van der Waals surface area contributed by atoms with Crippen LogP contribution in [0.25, 0.3) is 0 Å². The quantitative estimate of drug-likeness (QED) is 0.919. The molecule has 0 aliphatic carbocycles. The number of anilines is 1. The molecule has 0 spiro atoms. The van der Waals surface area contributed by atoms with Gasteiger partial charge in [-0.05, 0) is 30.7 Å². The third-order valence-electron chi connectivity index (χ3n) is 3.94. The fourth-order valence-corrected chi connectivity index (χ4v) is 2.95. The van der Waals surface area contributed by atoms with Gasteiger partial charge in [0.15, 0.2) is 0 Å². The first-order valence-corrected chi connectivity index (χ1v) is 7.93. The number of amides is 1. The molecule has 0 saturated carbocycles. The highest BCUT2D eigenvalue weighted by atomic mass is 35.5. The van der Waals surface area contributed by atoms with Crippen molar-refractivity contribution in [1.82, 2.24) is 5.32 Å². The van der Waals surface area contributed by atoms with Crippen LogP contribution in [-0.4, -0.2) is 18.5 Å². The van der Waals surface area contributed by atoms with Crippen LogP contribution in [0, 0.1) is 0 Å². The number of rotatable bonds is 5. The van der Waals surface area contributed by atoms with E-state index in [0.29, 0.717) is 18.1 Å². The number of furan rings is 1. The molecule has 2 heterocycles.